The van der Waals surface area contributed by atoms with Crippen LogP contribution >= 0.6 is 0 Å². The van der Waals surface area contributed by atoms with Gasteiger partial charge < -0.3 is 0 Å². The van der Waals surface area contributed by atoms with Crippen LogP contribution in [0.4, 0.5) is 0 Å². The summed E-state index contributed by atoms with van der Waals surface area (Å²) in [5.41, 5.74) is 2.35. The number of carbonyl (C=O) groups is 1. The molecule has 1 aromatic heterocycles. The van der Waals surface area contributed by atoms with E-state index in [1.54, 1.807) is 18.5 Å². The lowest BCUT2D eigenvalue weighted by Gasteiger charge is -2.12. The first-order chi connectivity index (χ1) is 9.08. The summed E-state index contributed by atoms with van der Waals surface area (Å²) in [5.74, 6) is 0.476. The van der Waals surface area contributed by atoms with Gasteiger partial charge >= 0.3 is 0 Å². The maximum absolute atomic E-state index is 12.2. The summed E-state index contributed by atoms with van der Waals surface area (Å²) in [6.45, 7) is 6.33. The SMILES string of the molecule is CC(C)Cc1ccc(C(C)C(=O)n2cccn2)cc1. The Kier molecular flexibility index (Phi) is 4.15. The van der Waals surface area contributed by atoms with E-state index >= 15 is 0 Å². The van der Waals surface area contributed by atoms with Crippen molar-refractivity contribution in [2.75, 3.05) is 0 Å². The minimum absolute atomic E-state index is 0.00149. The summed E-state index contributed by atoms with van der Waals surface area (Å²) in [6.07, 6.45) is 4.38. The maximum atomic E-state index is 12.2. The van der Waals surface area contributed by atoms with Crippen LogP contribution < -0.4 is 0 Å². The number of benzene rings is 1. The molecule has 0 bridgehead atoms. The van der Waals surface area contributed by atoms with Crippen molar-refractivity contribution in [3.05, 3.63) is 53.9 Å². The molecule has 19 heavy (non-hydrogen) atoms. The molecule has 1 unspecified atom stereocenters. The second kappa shape index (κ2) is 5.83. The Hall–Kier alpha value is -1.90. The fourth-order valence-corrected chi connectivity index (χ4v) is 2.15. The lowest BCUT2D eigenvalue weighted by molar-refractivity contribution is 0.0868. The highest BCUT2D eigenvalue weighted by Crippen LogP contribution is 2.19. The van der Waals surface area contributed by atoms with Gasteiger partial charge in [-0.2, -0.15) is 5.10 Å². The van der Waals surface area contributed by atoms with Crippen LogP contribution in [0.3, 0.4) is 0 Å². The van der Waals surface area contributed by atoms with Crippen LogP contribution in [-0.2, 0) is 6.42 Å². The molecule has 2 aromatic rings. The Bertz CT molecular complexity index is 526. The summed E-state index contributed by atoms with van der Waals surface area (Å²) in [7, 11) is 0. The quantitative estimate of drug-likeness (QED) is 0.838. The molecule has 0 amide bonds. The first kappa shape index (κ1) is 13.5. The molecule has 0 fully saturated rings. The fraction of sp³-hybridized carbons (Fsp3) is 0.375. The number of hydrogen-bond donors (Lipinski definition) is 0. The first-order valence-corrected chi connectivity index (χ1v) is 6.70. The number of carbonyl (C=O) groups excluding carboxylic acids is 1. The highest BCUT2D eigenvalue weighted by Gasteiger charge is 2.17. The van der Waals surface area contributed by atoms with Gasteiger partial charge in [-0.15, -0.1) is 0 Å². The van der Waals surface area contributed by atoms with Crippen LogP contribution in [0.25, 0.3) is 0 Å². The largest absolute Gasteiger partial charge is 0.272 e. The van der Waals surface area contributed by atoms with Crippen LogP contribution in [0.1, 0.15) is 42.6 Å². The fourth-order valence-electron chi connectivity index (χ4n) is 2.15. The summed E-state index contributed by atoms with van der Waals surface area (Å²) in [6, 6.07) is 10.1. The summed E-state index contributed by atoms with van der Waals surface area (Å²) in [5, 5.41) is 3.99. The topological polar surface area (TPSA) is 34.9 Å². The zero-order valence-corrected chi connectivity index (χ0v) is 11.7. The van der Waals surface area contributed by atoms with Gasteiger partial charge in [-0.1, -0.05) is 38.1 Å². The van der Waals surface area contributed by atoms with Gasteiger partial charge in [0.05, 0.1) is 5.92 Å². The van der Waals surface area contributed by atoms with Gasteiger partial charge in [0.1, 0.15) is 0 Å². The van der Waals surface area contributed by atoms with Crippen molar-refractivity contribution in [3.63, 3.8) is 0 Å². The van der Waals surface area contributed by atoms with Crippen LogP contribution in [0.15, 0.2) is 42.7 Å². The molecule has 0 saturated heterocycles. The van der Waals surface area contributed by atoms with E-state index in [0.29, 0.717) is 5.92 Å². The number of rotatable bonds is 4. The number of hydrogen-bond acceptors (Lipinski definition) is 2. The van der Waals surface area contributed by atoms with Gasteiger partial charge in [-0.05, 0) is 36.5 Å². The van der Waals surface area contributed by atoms with Crippen LogP contribution in [-0.4, -0.2) is 15.7 Å². The van der Waals surface area contributed by atoms with Gasteiger partial charge in [-0.25, -0.2) is 4.68 Å². The average molecular weight is 256 g/mol. The second-order valence-corrected chi connectivity index (χ2v) is 5.35. The molecule has 2 rings (SSSR count). The standard InChI is InChI=1S/C16H20N2O/c1-12(2)11-14-5-7-15(8-6-14)13(3)16(19)18-10-4-9-17-18/h4-10,12-13H,11H2,1-3H3. The highest BCUT2D eigenvalue weighted by molar-refractivity contribution is 5.84. The minimum atomic E-state index is -0.173. The van der Waals surface area contributed by atoms with Crippen molar-refractivity contribution in [2.45, 2.75) is 33.1 Å². The molecule has 0 spiro atoms. The van der Waals surface area contributed by atoms with Gasteiger partial charge in [0.2, 0.25) is 0 Å². The van der Waals surface area contributed by atoms with E-state index in [2.05, 4.69) is 31.1 Å². The second-order valence-electron chi connectivity index (χ2n) is 5.35. The molecule has 0 aliphatic heterocycles. The Morgan fingerprint density at radius 3 is 2.42 bits per heavy atom. The molecule has 0 radical (unpaired) electrons. The molecular formula is C16H20N2O. The van der Waals surface area contributed by atoms with Gasteiger partial charge in [-0.3, -0.25) is 4.79 Å². The van der Waals surface area contributed by atoms with Crippen molar-refractivity contribution in [2.24, 2.45) is 5.92 Å². The molecule has 1 aromatic carbocycles. The lowest BCUT2D eigenvalue weighted by atomic mass is 9.96. The van der Waals surface area contributed by atoms with Crippen molar-refractivity contribution >= 4 is 5.91 Å². The molecule has 0 aliphatic carbocycles. The third-order valence-corrected chi connectivity index (χ3v) is 3.22. The van der Waals surface area contributed by atoms with Gasteiger partial charge in [0, 0.05) is 12.4 Å². The summed E-state index contributed by atoms with van der Waals surface area (Å²) >= 11 is 0. The minimum Gasteiger partial charge on any atom is -0.272 e. The third-order valence-electron chi connectivity index (χ3n) is 3.22. The van der Waals surface area contributed by atoms with Gasteiger partial charge in [0.25, 0.3) is 5.91 Å². The molecule has 0 saturated carbocycles. The normalized spacial score (nSPS) is 12.6. The van der Waals surface area contributed by atoms with Crippen LogP contribution in [0.2, 0.25) is 0 Å². The predicted molar refractivity (Wildman–Crippen MR) is 76.3 cm³/mol. The Morgan fingerprint density at radius 2 is 1.89 bits per heavy atom. The Labute approximate surface area is 114 Å². The van der Waals surface area contributed by atoms with Crippen molar-refractivity contribution < 1.29 is 4.79 Å². The molecular weight excluding hydrogens is 236 g/mol. The zero-order chi connectivity index (χ0) is 13.8. The van der Waals surface area contributed by atoms with Crippen molar-refractivity contribution in [1.29, 1.82) is 0 Å². The molecule has 0 N–H and O–H groups in total. The van der Waals surface area contributed by atoms with E-state index in [9.17, 15) is 4.79 Å². The smallest absolute Gasteiger partial charge is 0.254 e. The number of aromatic nitrogens is 2. The maximum Gasteiger partial charge on any atom is 0.254 e. The van der Waals surface area contributed by atoms with E-state index in [0.717, 1.165) is 12.0 Å². The lowest BCUT2D eigenvalue weighted by Crippen LogP contribution is -2.18. The van der Waals surface area contributed by atoms with E-state index in [1.165, 1.54) is 10.2 Å². The van der Waals surface area contributed by atoms with E-state index in [4.69, 9.17) is 0 Å². The van der Waals surface area contributed by atoms with Crippen LogP contribution in [0, 0.1) is 5.92 Å². The Morgan fingerprint density at radius 1 is 1.21 bits per heavy atom. The zero-order valence-electron chi connectivity index (χ0n) is 11.7. The monoisotopic (exact) mass is 256 g/mol. The molecule has 0 aliphatic rings. The molecule has 100 valence electrons. The average Bonchev–Trinajstić information content (AvgIpc) is 2.91. The molecule has 1 atom stereocenters. The Balaban J connectivity index is 2.11. The molecule has 1 heterocycles. The highest BCUT2D eigenvalue weighted by atomic mass is 16.2. The molecule has 3 heteroatoms. The third kappa shape index (κ3) is 3.31. The van der Waals surface area contributed by atoms with E-state index in [-0.39, 0.29) is 11.8 Å². The summed E-state index contributed by atoms with van der Waals surface area (Å²) in [4.78, 5) is 12.2. The van der Waals surface area contributed by atoms with Gasteiger partial charge in [0.15, 0.2) is 0 Å². The summed E-state index contributed by atoms with van der Waals surface area (Å²) < 4.78 is 1.40. The van der Waals surface area contributed by atoms with E-state index in [1.807, 2.05) is 19.1 Å². The predicted octanol–water partition coefficient (Wildman–Crippen LogP) is 3.53. The van der Waals surface area contributed by atoms with Crippen LogP contribution in [0.5, 0.6) is 0 Å². The number of nitrogens with zero attached hydrogens (tertiary/aromatic N) is 2. The first-order valence-electron chi connectivity index (χ1n) is 6.70. The van der Waals surface area contributed by atoms with Crippen molar-refractivity contribution in [1.82, 2.24) is 9.78 Å². The van der Waals surface area contributed by atoms with E-state index < -0.39 is 0 Å². The molecule has 3 nitrogen and oxygen atoms in total. The van der Waals surface area contributed by atoms with Crippen molar-refractivity contribution in [3.8, 4) is 0 Å².